The molecule has 0 bridgehead atoms. The van der Waals surface area contributed by atoms with Crippen LogP contribution in [0.1, 0.15) is 0 Å². The average Bonchev–Trinajstić information content (AvgIpc) is 2.28. The van der Waals surface area contributed by atoms with E-state index in [9.17, 15) is 16.8 Å². The second-order valence-electron chi connectivity index (χ2n) is 3.38. The van der Waals surface area contributed by atoms with E-state index in [1.54, 1.807) is 12.1 Å². The highest BCUT2D eigenvalue weighted by atomic mass is 79.9. The summed E-state index contributed by atoms with van der Waals surface area (Å²) in [4.78, 5) is 0.0822. The highest BCUT2D eigenvalue weighted by molar-refractivity contribution is 9.10. The lowest BCUT2D eigenvalue weighted by Crippen LogP contribution is -2.32. The van der Waals surface area contributed by atoms with Crippen LogP contribution in [0.25, 0.3) is 0 Å². The second-order valence-corrected chi connectivity index (χ2v) is 8.11. The Kier molecular flexibility index (Phi) is 5.29. The number of rotatable bonds is 6. The van der Waals surface area contributed by atoms with Crippen molar-refractivity contribution in [3.8, 4) is 0 Å². The number of nitrogens with one attached hydrogen (secondary N) is 2. The molecule has 0 spiro atoms. The van der Waals surface area contributed by atoms with Gasteiger partial charge in [-0.05, 0) is 25.2 Å². The molecular weight excluding hydrogens is 344 g/mol. The molecule has 1 rings (SSSR count). The van der Waals surface area contributed by atoms with Gasteiger partial charge in [-0.1, -0.05) is 22.0 Å². The summed E-state index contributed by atoms with van der Waals surface area (Å²) in [5.41, 5.74) is 0. The first-order valence-corrected chi connectivity index (χ1v) is 8.86. The lowest BCUT2D eigenvalue weighted by molar-refractivity contribution is 0.578. The summed E-state index contributed by atoms with van der Waals surface area (Å²) in [6.07, 6.45) is 0. The van der Waals surface area contributed by atoms with Crippen molar-refractivity contribution < 1.29 is 16.8 Å². The molecule has 0 fully saturated rings. The van der Waals surface area contributed by atoms with Crippen LogP contribution < -0.4 is 9.44 Å². The fourth-order valence-electron chi connectivity index (χ4n) is 1.13. The van der Waals surface area contributed by atoms with Gasteiger partial charge in [0.2, 0.25) is 20.0 Å². The van der Waals surface area contributed by atoms with Crippen molar-refractivity contribution >= 4 is 36.0 Å². The summed E-state index contributed by atoms with van der Waals surface area (Å²) < 4.78 is 50.8. The molecular formula is C9H13BrN2O4S2. The maximum Gasteiger partial charge on any atom is 0.240 e. The van der Waals surface area contributed by atoms with Crippen molar-refractivity contribution in [2.24, 2.45) is 0 Å². The molecule has 0 radical (unpaired) electrons. The zero-order valence-electron chi connectivity index (χ0n) is 9.55. The van der Waals surface area contributed by atoms with Gasteiger partial charge in [-0.25, -0.2) is 26.3 Å². The molecule has 1 aromatic carbocycles. The van der Waals surface area contributed by atoms with Crippen LogP contribution in [0.5, 0.6) is 0 Å². The largest absolute Gasteiger partial charge is 0.240 e. The highest BCUT2D eigenvalue weighted by Crippen LogP contribution is 2.15. The van der Waals surface area contributed by atoms with Crippen molar-refractivity contribution in [2.75, 3.05) is 19.3 Å². The summed E-state index contributed by atoms with van der Waals surface area (Å²) in [5, 5.41) is 0. The molecule has 6 nitrogen and oxygen atoms in total. The van der Waals surface area contributed by atoms with Crippen LogP contribution in [-0.2, 0) is 20.0 Å². The van der Waals surface area contributed by atoms with Crippen LogP contribution >= 0.6 is 15.9 Å². The van der Waals surface area contributed by atoms with Gasteiger partial charge in [-0.15, -0.1) is 0 Å². The van der Waals surface area contributed by atoms with Gasteiger partial charge in [0.15, 0.2) is 0 Å². The van der Waals surface area contributed by atoms with E-state index in [2.05, 4.69) is 25.4 Å². The first-order valence-electron chi connectivity index (χ1n) is 4.93. The van der Waals surface area contributed by atoms with Gasteiger partial charge < -0.3 is 0 Å². The van der Waals surface area contributed by atoms with Crippen LogP contribution in [0.3, 0.4) is 0 Å². The van der Waals surface area contributed by atoms with Crippen molar-refractivity contribution in [1.82, 2.24) is 9.44 Å². The first-order chi connectivity index (χ1) is 8.27. The maximum absolute atomic E-state index is 11.8. The smallest absolute Gasteiger partial charge is 0.218 e. The van der Waals surface area contributed by atoms with Gasteiger partial charge in [0, 0.05) is 11.0 Å². The topological polar surface area (TPSA) is 92.3 Å². The fourth-order valence-corrected chi connectivity index (χ4v) is 3.46. The maximum atomic E-state index is 11.8. The number of hydrogen-bond donors (Lipinski definition) is 2. The molecule has 1 aromatic rings. The van der Waals surface area contributed by atoms with Gasteiger partial charge in [0.25, 0.3) is 0 Å². The Bertz CT molecular complexity index is 613. The molecule has 0 atom stereocenters. The van der Waals surface area contributed by atoms with E-state index >= 15 is 0 Å². The Balaban J connectivity index is 2.72. The third kappa shape index (κ3) is 4.65. The normalized spacial score (nSPS) is 12.6. The first kappa shape index (κ1) is 15.6. The molecule has 0 aliphatic rings. The van der Waals surface area contributed by atoms with E-state index in [1.165, 1.54) is 19.2 Å². The van der Waals surface area contributed by atoms with Gasteiger partial charge in [-0.3, -0.25) is 0 Å². The van der Waals surface area contributed by atoms with E-state index in [0.29, 0.717) is 4.47 Å². The zero-order valence-corrected chi connectivity index (χ0v) is 12.8. The standard InChI is InChI=1S/C9H13BrN2O4S2/c1-11-17(13,14)6-5-12-18(15,16)9-4-2-3-8(10)7-9/h2-4,7,11-12H,5-6H2,1H3. The Labute approximate surface area is 115 Å². The van der Waals surface area contributed by atoms with Crippen molar-refractivity contribution in [2.45, 2.75) is 4.90 Å². The third-order valence-electron chi connectivity index (χ3n) is 2.08. The summed E-state index contributed by atoms with van der Waals surface area (Å²) in [6, 6.07) is 6.15. The summed E-state index contributed by atoms with van der Waals surface area (Å²) in [6.45, 7) is -0.183. The van der Waals surface area contributed by atoms with Gasteiger partial charge in [0.05, 0.1) is 10.6 Å². The summed E-state index contributed by atoms with van der Waals surface area (Å²) >= 11 is 3.17. The molecule has 2 N–H and O–H groups in total. The molecule has 0 saturated heterocycles. The zero-order chi connectivity index (χ0) is 13.8. The minimum atomic E-state index is -3.69. The van der Waals surface area contributed by atoms with Crippen LogP contribution in [0, 0.1) is 0 Å². The molecule has 0 saturated carbocycles. The molecule has 18 heavy (non-hydrogen) atoms. The SMILES string of the molecule is CNS(=O)(=O)CCNS(=O)(=O)c1cccc(Br)c1. The molecule has 102 valence electrons. The monoisotopic (exact) mass is 356 g/mol. The lowest BCUT2D eigenvalue weighted by atomic mass is 10.4. The van der Waals surface area contributed by atoms with Crippen molar-refractivity contribution in [3.63, 3.8) is 0 Å². The summed E-state index contributed by atoms with van der Waals surface area (Å²) in [7, 11) is -5.83. The van der Waals surface area contributed by atoms with E-state index < -0.39 is 20.0 Å². The Morgan fingerprint density at radius 2 is 1.89 bits per heavy atom. The quantitative estimate of drug-likeness (QED) is 0.765. The minimum Gasteiger partial charge on any atom is -0.218 e. The van der Waals surface area contributed by atoms with Crippen LogP contribution in [-0.4, -0.2) is 36.2 Å². The van der Waals surface area contributed by atoms with Crippen molar-refractivity contribution in [1.29, 1.82) is 0 Å². The van der Waals surface area contributed by atoms with Gasteiger partial charge in [-0.2, -0.15) is 0 Å². The molecule has 0 aliphatic heterocycles. The van der Waals surface area contributed by atoms with E-state index in [4.69, 9.17) is 0 Å². The van der Waals surface area contributed by atoms with Gasteiger partial charge >= 0.3 is 0 Å². The lowest BCUT2D eigenvalue weighted by Gasteiger charge is -2.07. The fraction of sp³-hybridized carbons (Fsp3) is 0.333. The Morgan fingerprint density at radius 3 is 2.44 bits per heavy atom. The van der Waals surface area contributed by atoms with E-state index in [0.717, 1.165) is 0 Å². The van der Waals surface area contributed by atoms with E-state index in [-0.39, 0.29) is 17.2 Å². The predicted molar refractivity (Wildman–Crippen MR) is 72.2 cm³/mol. The number of halogens is 1. The second kappa shape index (κ2) is 6.11. The van der Waals surface area contributed by atoms with Crippen LogP contribution in [0.4, 0.5) is 0 Å². The summed E-state index contributed by atoms with van der Waals surface area (Å²) in [5.74, 6) is -0.309. The molecule has 0 unspecified atom stereocenters. The highest BCUT2D eigenvalue weighted by Gasteiger charge is 2.15. The number of benzene rings is 1. The van der Waals surface area contributed by atoms with Crippen LogP contribution in [0.2, 0.25) is 0 Å². The molecule has 0 heterocycles. The van der Waals surface area contributed by atoms with E-state index in [1.807, 2.05) is 0 Å². The van der Waals surface area contributed by atoms with Crippen LogP contribution in [0.15, 0.2) is 33.6 Å². The molecule has 0 amide bonds. The predicted octanol–water partition coefficient (Wildman–Crippen LogP) is 0.277. The third-order valence-corrected chi connectivity index (χ3v) is 5.40. The van der Waals surface area contributed by atoms with Gasteiger partial charge in [0.1, 0.15) is 0 Å². The number of hydrogen-bond acceptors (Lipinski definition) is 4. The molecule has 0 aromatic heterocycles. The Morgan fingerprint density at radius 1 is 1.22 bits per heavy atom. The van der Waals surface area contributed by atoms with Crippen molar-refractivity contribution in [3.05, 3.63) is 28.7 Å². The Hall–Kier alpha value is -0.480. The molecule has 9 heteroatoms. The number of sulfonamides is 2. The molecule has 0 aliphatic carbocycles. The average molecular weight is 357 g/mol. The minimum absolute atomic E-state index is 0.0822.